The lowest BCUT2D eigenvalue weighted by Crippen LogP contribution is -2.52. The van der Waals surface area contributed by atoms with Crippen molar-refractivity contribution >= 4 is 5.96 Å². The van der Waals surface area contributed by atoms with Gasteiger partial charge in [0.05, 0.1) is 17.9 Å². The third-order valence-electron chi connectivity index (χ3n) is 5.71. The van der Waals surface area contributed by atoms with Crippen LogP contribution in [0.15, 0.2) is 35.3 Å². The van der Waals surface area contributed by atoms with Crippen LogP contribution >= 0.6 is 0 Å². The van der Waals surface area contributed by atoms with Crippen molar-refractivity contribution in [2.24, 2.45) is 4.99 Å². The quantitative estimate of drug-likeness (QED) is 0.540. The van der Waals surface area contributed by atoms with Gasteiger partial charge in [-0.1, -0.05) is 18.2 Å². The molecular weight excluding hydrogens is 374 g/mol. The molecule has 1 aliphatic rings. The highest BCUT2D eigenvalue weighted by atomic mass is 15.3. The maximum Gasteiger partial charge on any atom is 0.191 e. The Balaban J connectivity index is 1.66. The van der Waals surface area contributed by atoms with E-state index in [4.69, 9.17) is 4.99 Å². The van der Waals surface area contributed by atoms with Crippen LogP contribution < -0.4 is 10.6 Å². The summed E-state index contributed by atoms with van der Waals surface area (Å²) in [7, 11) is 2.19. The minimum Gasteiger partial charge on any atom is -0.357 e. The van der Waals surface area contributed by atoms with Crippen LogP contribution in [-0.2, 0) is 6.54 Å². The van der Waals surface area contributed by atoms with Crippen LogP contribution in [-0.4, -0.2) is 77.9 Å². The summed E-state index contributed by atoms with van der Waals surface area (Å²) < 4.78 is 2.01. The van der Waals surface area contributed by atoms with Crippen molar-refractivity contribution in [3.63, 3.8) is 0 Å². The molecule has 1 aromatic heterocycles. The van der Waals surface area contributed by atoms with Crippen molar-refractivity contribution in [2.45, 2.75) is 40.3 Å². The van der Waals surface area contributed by atoms with E-state index in [-0.39, 0.29) is 0 Å². The van der Waals surface area contributed by atoms with Crippen LogP contribution in [0.2, 0.25) is 0 Å². The number of nitrogens with one attached hydrogen (secondary N) is 2. The van der Waals surface area contributed by atoms with Crippen molar-refractivity contribution in [1.29, 1.82) is 0 Å². The molecule has 7 nitrogen and oxygen atoms in total. The average molecular weight is 412 g/mol. The second-order valence-electron chi connectivity index (χ2n) is 8.23. The molecule has 0 bridgehead atoms. The summed E-state index contributed by atoms with van der Waals surface area (Å²) in [6, 6.07) is 10.9. The molecule has 1 unspecified atom stereocenters. The van der Waals surface area contributed by atoms with Gasteiger partial charge >= 0.3 is 0 Å². The minimum absolute atomic E-state index is 0.476. The number of guanidine groups is 1. The zero-order chi connectivity index (χ0) is 21.5. The van der Waals surface area contributed by atoms with Gasteiger partial charge in [-0.05, 0) is 52.4 Å². The minimum atomic E-state index is 0.476. The smallest absolute Gasteiger partial charge is 0.191 e. The van der Waals surface area contributed by atoms with Gasteiger partial charge in [-0.25, -0.2) is 9.67 Å². The maximum absolute atomic E-state index is 4.86. The van der Waals surface area contributed by atoms with E-state index < -0.39 is 0 Å². The first-order valence-corrected chi connectivity index (χ1v) is 11.0. The molecule has 1 aromatic carbocycles. The molecule has 2 N–H and O–H groups in total. The Morgan fingerprint density at radius 1 is 1.13 bits per heavy atom. The highest BCUT2D eigenvalue weighted by Crippen LogP contribution is 2.17. The van der Waals surface area contributed by atoms with E-state index in [1.54, 1.807) is 0 Å². The summed E-state index contributed by atoms with van der Waals surface area (Å²) in [6.07, 6.45) is 0. The van der Waals surface area contributed by atoms with Crippen molar-refractivity contribution in [3.05, 3.63) is 47.3 Å². The number of hydrogen-bond donors (Lipinski definition) is 2. The van der Waals surface area contributed by atoms with Gasteiger partial charge in [0.15, 0.2) is 5.96 Å². The second kappa shape index (κ2) is 10.6. The number of benzene rings is 1. The van der Waals surface area contributed by atoms with Gasteiger partial charge in [0, 0.05) is 51.0 Å². The third kappa shape index (κ3) is 5.83. The Morgan fingerprint density at radius 2 is 1.87 bits per heavy atom. The Morgan fingerprint density at radius 3 is 2.53 bits per heavy atom. The molecule has 1 saturated heterocycles. The van der Waals surface area contributed by atoms with E-state index in [9.17, 15) is 0 Å². The van der Waals surface area contributed by atoms with Gasteiger partial charge < -0.3 is 15.5 Å². The van der Waals surface area contributed by atoms with E-state index in [0.717, 1.165) is 67.9 Å². The van der Waals surface area contributed by atoms with E-state index in [1.807, 2.05) is 11.6 Å². The molecule has 0 aliphatic carbocycles. The van der Waals surface area contributed by atoms with Gasteiger partial charge in [-0.3, -0.25) is 4.90 Å². The van der Waals surface area contributed by atoms with Crippen LogP contribution in [0.3, 0.4) is 0 Å². The van der Waals surface area contributed by atoms with Crippen molar-refractivity contribution in [1.82, 2.24) is 30.2 Å². The number of likely N-dealkylation sites (N-methyl/N-ethyl adjacent to an activating group) is 1. The summed E-state index contributed by atoms with van der Waals surface area (Å²) in [5.74, 6) is 0.863. The van der Waals surface area contributed by atoms with Crippen LogP contribution in [0, 0.1) is 13.8 Å². The standard InChI is InChI=1S/C23H37N7/c1-6-24-23(25-16-20(4)29-13-11-28(5)12-14-29)26-17-21-9-7-8-10-22(21)30-19(3)15-18(2)27-30/h7-10,15,20H,6,11-14,16-17H2,1-5H3,(H2,24,25,26). The largest absolute Gasteiger partial charge is 0.357 e. The van der Waals surface area contributed by atoms with Gasteiger partial charge in [0.1, 0.15) is 0 Å². The number of piperazine rings is 1. The van der Waals surface area contributed by atoms with Crippen LogP contribution in [0.5, 0.6) is 0 Å². The Bertz CT molecular complexity index is 834. The van der Waals surface area contributed by atoms with E-state index in [0.29, 0.717) is 12.6 Å². The highest BCUT2D eigenvalue weighted by molar-refractivity contribution is 5.79. The summed E-state index contributed by atoms with van der Waals surface area (Å²) in [5, 5.41) is 11.6. The van der Waals surface area contributed by atoms with Crippen molar-refractivity contribution in [2.75, 3.05) is 46.3 Å². The molecular formula is C23H37N7. The Hall–Kier alpha value is -2.38. The number of nitrogens with zero attached hydrogens (tertiary/aromatic N) is 5. The average Bonchev–Trinajstić information content (AvgIpc) is 3.08. The lowest BCUT2D eigenvalue weighted by Gasteiger charge is -2.36. The second-order valence-corrected chi connectivity index (χ2v) is 8.23. The monoisotopic (exact) mass is 411 g/mol. The van der Waals surface area contributed by atoms with Gasteiger partial charge in [0.2, 0.25) is 0 Å². The molecule has 0 spiro atoms. The molecule has 7 heteroatoms. The fourth-order valence-corrected chi connectivity index (χ4v) is 3.87. The Kier molecular flexibility index (Phi) is 7.87. The molecule has 1 fully saturated rings. The van der Waals surface area contributed by atoms with Crippen LogP contribution in [0.1, 0.15) is 30.8 Å². The Labute approximate surface area is 181 Å². The predicted molar refractivity (Wildman–Crippen MR) is 124 cm³/mol. The van der Waals surface area contributed by atoms with Gasteiger partial charge in [-0.2, -0.15) is 5.10 Å². The van der Waals surface area contributed by atoms with Gasteiger partial charge in [0.25, 0.3) is 0 Å². The summed E-state index contributed by atoms with van der Waals surface area (Å²) in [5.41, 5.74) is 4.41. The number of aryl methyl sites for hydroxylation is 2. The summed E-state index contributed by atoms with van der Waals surface area (Å²) >= 11 is 0. The van der Waals surface area contributed by atoms with Gasteiger partial charge in [-0.15, -0.1) is 0 Å². The molecule has 1 aliphatic heterocycles. The number of rotatable bonds is 7. The lowest BCUT2D eigenvalue weighted by molar-refractivity contribution is 0.120. The fourth-order valence-electron chi connectivity index (χ4n) is 3.87. The molecule has 1 atom stereocenters. The van der Waals surface area contributed by atoms with E-state index in [1.165, 1.54) is 0 Å². The fraction of sp³-hybridized carbons (Fsp3) is 0.565. The zero-order valence-electron chi connectivity index (χ0n) is 19.1. The lowest BCUT2D eigenvalue weighted by atomic mass is 10.2. The molecule has 3 rings (SSSR count). The zero-order valence-corrected chi connectivity index (χ0v) is 19.1. The topological polar surface area (TPSA) is 60.7 Å². The molecule has 164 valence electrons. The number of hydrogen-bond acceptors (Lipinski definition) is 4. The highest BCUT2D eigenvalue weighted by Gasteiger charge is 2.19. The summed E-state index contributed by atoms with van der Waals surface area (Å²) in [6.45, 7) is 15.4. The summed E-state index contributed by atoms with van der Waals surface area (Å²) in [4.78, 5) is 9.80. The first kappa shape index (κ1) is 22.3. The van der Waals surface area contributed by atoms with Crippen molar-refractivity contribution in [3.8, 4) is 5.69 Å². The molecule has 30 heavy (non-hydrogen) atoms. The first-order chi connectivity index (χ1) is 14.5. The normalized spacial score (nSPS) is 17.2. The van der Waals surface area contributed by atoms with E-state index >= 15 is 0 Å². The molecule has 0 radical (unpaired) electrons. The molecule has 2 aromatic rings. The van der Waals surface area contributed by atoms with Crippen LogP contribution in [0.25, 0.3) is 5.69 Å². The van der Waals surface area contributed by atoms with E-state index in [2.05, 4.69) is 83.7 Å². The predicted octanol–water partition coefficient (Wildman–Crippen LogP) is 2.18. The third-order valence-corrected chi connectivity index (χ3v) is 5.71. The number of aliphatic imine (C=N–C) groups is 1. The molecule has 0 saturated carbocycles. The SMILES string of the molecule is CCNC(=NCc1ccccc1-n1nc(C)cc1C)NCC(C)N1CCN(C)CC1. The molecule has 0 amide bonds. The van der Waals surface area contributed by atoms with Crippen LogP contribution in [0.4, 0.5) is 0 Å². The maximum atomic E-state index is 4.86. The molecule has 2 heterocycles. The number of para-hydroxylation sites is 1. The first-order valence-electron chi connectivity index (χ1n) is 11.0. The van der Waals surface area contributed by atoms with Crippen molar-refractivity contribution < 1.29 is 0 Å². The number of aromatic nitrogens is 2.